The van der Waals surface area contributed by atoms with Crippen molar-refractivity contribution in [3.63, 3.8) is 0 Å². The summed E-state index contributed by atoms with van der Waals surface area (Å²) in [7, 11) is 0. The smallest absolute Gasteiger partial charge is 0.183 e. The molecule has 0 unspecified atom stereocenters. The zero-order valence-electron chi connectivity index (χ0n) is 22.0. The van der Waals surface area contributed by atoms with Crippen LogP contribution in [0.1, 0.15) is 63.3 Å². The maximum absolute atomic E-state index is 6.50. The number of hydrogen-bond acceptors (Lipinski definition) is 8. The first kappa shape index (κ1) is 25.5. The maximum Gasteiger partial charge on any atom is 0.183 e. The van der Waals surface area contributed by atoms with E-state index in [0.29, 0.717) is 0 Å². The minimum Gasteiger partial charge on any atom is -0.376 e. The van der Waals surface area contributed by atoms with Crippen molar-refractivity contribution in [1.82, 2.24) is 25.1 Å². The summed E-state index contributed by atoms with van der Waals surface area (Å²) in [4.78, 5) is 19.4. The summed E-state index contributed by atoms with van der Waals surface area (Å²) in [6.07, 6.45) is 13.3. The van der Waals surface area contributed by atoms with Crippen LogP contribution in [0.3, 0.4) is 0 Å². The number of allylic oxidation sites excluding steroid dienone is 2. The standard InChI is InChI=1S/C28H36N8O.ClH/c1-18-25(29)28(17-37-18)11-14-35(15-12-28)23-16-30-24-26(32-23)33-34-27(24)36-13-5-8-21-22(36)10-9-20(31-21)19-6-3-2-4-7-19;/h6,9-10,16,18,25H,2-5,7-8,11-15,17,29H2,1H3,(H,32,33,34);1H/t18-,25+;/m0./s1. The zero-order chi connectivity index (χ0) is 25.0. The second kappa shape index (κ2) is 10.1. The molecule has 3 aliphatic heterocycles. The van der Waals surface area contributed by atoms with Crippen LogP contribution < -0.4 is 15.5 Å². The van der Waals surface area contributed by atoms with Gasteiger partial charge in [-0.3, -0.25) is 10.1 Å². The number of nitrogens with two attached hydrogens (primary N) is 1. The molecule has 3 aromatic rings. The topological polar surface area (TPSA) is 109 Å². The van der Waals surface area contributed by atoms with Crippen molar-refractivity contribution in [2.24, 2.45) is 11.1 Å². The van der Waals surface area contributed by atoms with Gasteiger partial charge in [0.25, 0.3) is 0 Å². The van der Waals surface area contributed by atoms with Gasteiger partial charge < -0.3 is 20.3 Å². The average Bonchev–Trinajstić information content (AvgIpc) is 3.50. The number of rotatable bonds is 3. The summed E-state index contributed by atoms with van der Waals surface area (Å²) < 4.78 is 5.88. The van der Waals surface area contributed by atoms with Crippen LogP contribution in [0.4, 0.5) is 17.3 Å². The molecule has 1 aliphatic carbocycles. The van der Waals surface area contributed by atoms with Gasteiger partial charge in [0.05, 0.1) is 36.0 Å². The zero-order valence-corrected chi connectivity index (χ0v) is 22.8. The molecule has 202 valence electrons. The van der Waals surface area contributed by atoms with E-state index in [1.54, 1.807) is 0 Å². The molecule has 38 heavy (non-hydrogen) atoms. The lowest BCUT2D eigenvalue weighted by molar-refractivity contribution is 0.0974. The van der Waals surface area contributed by atoms with E-state index in [1.165, 1.54) is 24.8 Å². The van der Waals surface area contributed by atoms with Gasteiger partial charge in [0, 0.05) is 31.1 Å². The van der Waals surface area contributed by atoms with Crippen LogP contribution in [-0.4, -0.2) is 63.5 Å². The molecule has 0 amide bonds. The number of H-pyrrole nitrogens is 1. The molecule has 10 heteroatoms. The first-order valence-corrected chi connectivity index (χ1v) is 13.9. The minimum absolute atomic E-state index is 0. The first-order chi connectivity index (χ1) is 18.1. The second-order valence-corrected chi connectivity index (χ2v) is 11.3. The highest BCUT2D eigenvalue weighted by atomic mass is 35.5. The number of nitrogens with one attached hydrogen (secondary N) is 1. The molecule has 3 aromatic heterocycles. The maximum atomic E-state index is 6.50. The van der Waals surface area contributed by atoms with E-state index in [2.05, 4.69) is 45.1 Å². The molecule has 2 saturated heterocycles. The van der Waals surface area contributed by atoms with E-state index >= 15 is 0 Å². The molecule has 0 saturated carbocycles. The molecule has 0 aromatic carbocycles. The van der Waals surface area contributed by atoms with Crippen LogP contribution in [0.25, 0.3) is 16.7 Å². The molecule has 6 heterocycles. The summed E-state index contributed by atoms with van der Waals surface area (Å²) in [5.41, 5.74) is 13.0. The van der Waals surface area contributed by atoms with Crippen molar-refractivity contribution in [3.8, 4) is 0 Å². The highest BCUT2D eigenvalue weighted by molar-refractivity contribution is 5.87. The van der Waals surface area contributed by atoms with Crippen LogP contribution in [0.2, 0.25) is 0 Å². The molecular formula is C28H37ClN8O. The average molecular weight is 537 g/mol. The Balaban J connectivity index is 0.00000264. The van der Waals surface area contributed by atoms with E-state index < -0.39 is 0 Å². The molecule has 7 rings (SSSR count). The molecule has 9 nitrogen and oxygen atoms in total. The Kier molecular flexibility index (Phi) is 6.78. The van der Waals surface area contributed by atoms with Gasteiger partial charge in [0.1, 0.15) is 5.82 Å². The molecule has 4 aliphatic rings. The second-order valence-electron chi connectivity index (χ2n) is 11.3. The fraction of sp³-hybridized carbons (Fsp3) is 0.571. The normalized spacial score (nSPS) is 24.8. The summed E-state index contributed by atoms with van der Waals surface area (Å²) in [6, 6.07) is 4.50. The number of aromatic amines is 1. The van der Waals surface area contributed by atoms with Crippen LogP contribution in [0.15, 0.2) is 24.4 Å². The van der Waals surface area contributed by atoms with Gasteiger partial charge >= 0.3 is 0 Å². The number of anilines is 3. The van der Waals surface area contributed by atoms with Crippen molar-refractivity contribution < 1.29 is 4.74 Å². The van der Waals surface area contributed by atoms with Crippen LogP contribution in [0, 0.1) is 5.41 Å². The Labute approximate surface area is 229 Å². The molecule has 2 fully saturated rings. The number of hydrogen-bond donors (Lipinski definition) is 2. The molecule has 3 N–H and O–H groups in total. The minimum atomic E-state index is 0. The summed E-state index contributed by atoms with van der Waals surface area (Å²) in [5, 5.41) is 7.84. The molecular weight excluding hydrogens is 500 g/mol. The molecule has 0 bridgehead atoms. The van der Waals surface area contributed by atoms with E-state index in [9.17, 15) is 0 Å². The number of nitrogens with zero attached hydrogens (tertiary/aromatic N) is 6. The van der Waals surface area contributed by atoms with E-state index in [1.807, 2.05) is 6.20 Å². The highest BCUT2D eigenvalue weighted by Gasteiger charge is 2.47. The fourth-order valence-electron chi connectivity index (χ4n) is 6.69. The monoisotopic (exact) mass is 536 g/mol. The summed E-state index contributed by atoms with van der Waals surface area (Å²) >= 11 is 0. The number of ether oxygens (including phenoxy) is 1. The van der Waals surface area contributed by atoms with Crippen LogP contribution >= 0.6 is 12.4 Å². The Morgan fingerprint density at radius 1 is 1.08 bits per heavy atom. The van der Waals surface area contributed by atoms with Crippen molar-refractivity contribution in [1.29, 1.82) is 0 Å². The number of fused-ring (bicyclic) bond motifs is 2. The number of pyridine rings is 1. The molecule has 0 radical (unpaired) electrons. The van der Waals surface area contributed by atoms with Gasteiger partial charge in [-0.05, 0) is 76.0 Å². The van der Waals surface area contributed by atoms with Gasteiger partial charge in [0.2, 0.25) is 0 Å². The number of piperidine rings is 1. The van der Waals surface area contributed by atoms with Crippen LogP contribution in [0.5, 0.6) is 0 Å². The fourth-order valence-corrected chi connectivity index (χ4v) is 6.69. The number of halogens is 1. The summed E-state index contributed by atoms with van der Waals surface area (Å²) in [5.74, 6) is 1.73. The quantitative estimate of drug-likeness (QED) is 0.502. The Hall–Kier alpha value is -2.75. The Morgan fingerprint density at radius 3 is 2.71 bits per heavy atom. The van der Waals surface area contributed by atoms with Crippen molar-refractivity contribution >= 4 is 46.5 Å². The molecule has 2 atom stereocenters. The Morgan fingerprint density at radius 2 is 1.95 bits per heavy atom. The van der Waals surface area contributed by atoms with E-state index in [0.717, 1.165) is 98.2 Å². The SMILES string of the molecule is C[C@@H]1OCC2(CCN(c3cnc4c(N5CCCc6nc(C7=CCCCC7)ccc65)n[nH]c4n3)CC2)[C@@H]1N.Cl. The van der Waals surface area contributed by atoms with E-state index in [-0.39, 0.29) is 30.0 Å². The lowest BCUT2D eigenvalue weighted by atomic mass is 9.73. The predicted molar refractivity (Wildman–Crippen MR) is 152 cm³/mol. The number of aryl methyl sites for hydroxylation is 1. The third-order valence-electron chi connectivity index (χ3n) is 9.08. The first-order valence-electron chi connectivity index (χ1n) is 13.9. The predicted octanol–water partition coefficient (Wildman–Crippen LogP) is 4.54. The van der Waals surface area contributed by atoms with Gasteiger partial charge in [-0.15, -0.1) is 12.4 Å². The van der Waals surface area contributed by atoms with E-state index in [4.69, 9.17) is 25.4 Å². The Bertz CT molecular complexity index is 1350. The van der Waals surface area contributed by atoms with Crippen molar-refractivity contribution in [3.05, 3.63) is 35.8 Å². The van der Waals surface area contributed by atoms with Gasteiger partial charge in [-0.1, -0.05) is 6.08 Å². The number of aromatic nitrogens is 5. The lowest BCUT2D eigenvalue weighted by Crippen LogP contribution is -2.50. The molecule has 1 spiro atoms. The third kappa shape index (κ3) is 4.25. The largest absolute Gasteiger partial charge is 0.376 e. The third-order valence-corrected chi connectivity index (χ3v) is 9.08. The van der Waals surface area contributed by atoms with Gasteiger partial charge in [-0.2, -0.15) is 5.10 Å². The van der Waals surface area contributed by atoms with Crippen molar-refractivity contribution in [2.75, 3.05) is 36.0 Å². The van der Waals surface area contributed by atoms with Crippen LogP contribution in [-0.2, 0) is 11.2 Å². The van der Waals surface area contributed by atoms with Gasteiger partial charge in [0.15, 0.2) is 17.0 Å². The highest BCUT2D eigenvalue weighted by Crippen LogP contribution is 2.42. The van der Waals surface area contributed by atoms with Gasteiger partial charge in [-0.25, -0.2) is 9.97 Å². The lowest BCUT2D eigenvalue weighted by Gasteiger charge is -2.41. The summed E-state index contributed by atoms with van der Waals surface area (Å²) in [6.45, 7) is 5.58. The van der Waals surface area contributed by atoms with Crippen molar-refractivity contribution in [2.45, 2.75) is 70.4 Å².